The van der Waals surface area contributed by atoms with Crippen LogP contribution < -0.4 is 15.4 Å². The van der Waals surface area contributed by atoms with E-state index in [0.717, 1.165) is 44.8 Å². The van der Waals surface area contributed by atoms with Crippen molar-refractivity contribution in [2.75, 3.05) is 38.2 Å². The number of hydrogen-bond donors (Lipinski definition) is 1. The fraction of sp³-hybridized carbons (Fsp3) is 0.455. The molecule has 2 aliphatic rings. The van der Waals surface area contributed by atoms with Gasteiger partial charge in [-0.15, -0.1) is 0 Å². The lowest BCUT2D eigenvalue weighted by Crippen LogP contribution is -2.43. The number of benzene rings is 2. The number of likely N-dealkylation sites (tertiary alicyclic amines) is 1. The van der Waals surface area contributed by atoms with Gasteiger partial charge in [0.15, 0.2) is 0 Å². The molecule has 1 fully saturated rings. The zero-order valence-corrected chi connectivity index (χ0v) is 17.0. The molecule has 0 radical (unpaired) electrons. The molecule has 1 unspecified atom stereocenters. The van der Waals surface area contributed by atoms with E-state index < -0.39 is 0 Å². The fourth-order valence-corrected chi connectivity index (χ4v) is 5.15. The van der Waals surface area contributed by atoms with Crippen LogP contribution in [0, 0.1) is 5.92 Å². The monoisotopic (exact) mass is 383 g/mol. The predicted octanol–water partition coefficient (Wildman–Crippen LogP) is 4.36. The fourth-order valence-electron chi connectivity index (χ4n) is 4.08. The van der Waals surface area contributed by atoms with Crippen LogP contribution in [0.15, 0.2) is 52.3 Å². The van der Waals surface area contributed by atoms with Crippen LogP contribution in [0.2, 0.25) is 0 Å². The Hall–Kier alpha value is -1.69. The third kappa shape index (κ3) is 4.10. The average Bonchev–Trinajstić information content (AvgIpc) is 2.69. The lowest BCUT2D eigenvalue weighted by atomic mass is 10.0. The number of anilines is 2. The molecule has 1 atom stereocenters. The van der Waals surface area contributed by atoms with Crippen LogP contribution in [-0.2, 0) is 0 Å². The number of nitrogens with two attached hydrogens (primary N) is 1. The van der Waals surface area contributed by atoms with Crippen LogP contribution in [0.5, 0.6) is 5.75 Å². The van der Waals surface area contributed by atoms with Gasteiger partial charge in [0, 0.05) is 35.0 Å². The number of rotatable bonds is 5. The van der Waals surface area contributed by atoms with Gasteiger partial charge in [0.25, 0.3) is 0 Å². The van der Waals surface area contributed by atoms with Crippen LogP contribution >= 0.6 is 11.8 Å². The van der Waals surface area contributed by atoms with E-state index in [1.165, 1.54) is 21.2 Å². The zero-order chi connectivity index (χ0) is 18.8. The summed E-state index contributed by atoms with van der Waals surface area (Å²) in [5.74, 6) is 1.48. The van der Waals surface area contributed by atoms with Crippen molar-refractivity contribution in [1.29, 1.82) is 0 Å². The highest BCUT2D eigenvalue weighted by molar-refractivity contribution is 7.99. The molecule has 27 heavy (non-hydrogen) atoms. The largest absolute Gasteiger partial charge is 0.497 e. The van der Waals surface area contributed by atoms with Gasteiger partial charge in [-0.25, -0.2) is 0 Å². The standard InChI is InChI=1S/C22H29N3OS/c1-16(14-24-11-9-17(23)10-12-24)15-25-19-5-3-4-6-21(19)27-22-8-7-18(26-2)13-20(22)25/h3-8,13,16-17H,9-12,14-15,23H2,1-2H3. The second-order valence-corrected chi connectivity index (χ2v) is 8.84. The van der Waals surface area contributed by atoms with Gasteiger partial charge >= 0.3 is 0 Å². The molecule has 5 heteroatoms. The molecule has 0 spiro atoms. The summed E-state index contributed by atoms with van der Waals surface area (Å²) in [7, 11) is 1.74. The van der Waals surface area contributed by atoms with Gasteiger partial charge in [0.2, 0.25) is 0 Å². The van der Waals surface area contributed by atoms with Crippen molar-refractivity contribution in [3.63, 3.8) is 0 Å². The summed E-state index contributed by atoms with van der Waals surface area (Å²) in [5, 5.41) is 0. The minimum atomic E-state index is 0.391. The van der Waals surface area contributed by atoms with Crippen molar-refractivity contribution in [2.45, 2.75) is 35.6 Å². The van der Waals surface area contributed by atoms with Crippen molar-refractivity contribution in [3.8, 4) is 5.75 Å². The highest BCUT2D eigenvalue weighted by Crippen LogP contribution is 2.49. The summed E-state index contributed by atoms with van der Waals surface area (Å²) in [6.07, 6.45) is 2.24. The van der Waals surface area contributed by atoms with E-state index in [1.54, 1.807) is 7.11 Å². The van der Waals surface area contributed by atoms with Gasteiger partial charge in [0.1, 0.15) is 5.75 Å². The number of fused-ring (bicyclic) bond motifs is 2. The predicted molar refractivity (Wildman–Crippen MR) is 113 cm³/mol. The molecular formula is C22H29N3OS. The minimum Gasteiger partial charge on any atom is -0.497 e. The molecule has 2 aliphatic heterocycles. The van der Waals surface area contributed by atoms with Gasteiger partial charge in [-0.1, -0.05) is 30.8 Å². The Bertz CT molecular complexity index is 789. The molecular weight excluding hydrogens is 354 g/mol. The maximum absolute atomic E-state index is 6.06. The lowest BCUT2D eigenvalue weighted by molar-refractivity contribution is 0.190. The molecule has 2 aromatic carbocycles. The van der Waals surface area contributed by atoms with Crippen molar-refractivity contribution in [1.82, 2.24) is 4.90 Å². The molecule has 0 aromatic heterocycles. The Morgan fingerprint density at radius 1 is 1.07 bits per heavy atom. The molecule has 0 amide bonds. The molecule has 0 aliphatic carbocycles. The first-order valence-electron chi connectivity index (χ1n) is 9.84. The number of nitrogens with zero attached hydrogens (tertiary/aromatic N) is 2. The van der Waals surface area contributed by atoms with Crippen LogP contribution in [0.3, 0.4) is 0 Å². The number of hydrogen-bond acceptors (Lipinski definition) is 5. The van der Waals surface area contributed by atoms with Crippen LogP contribution in [0.1, 0.15) is 19.8 Å². The molecule has 2 N–H and O–H groups in total. The van der Waals surface area contributed by atoms with Crippen LogP contribution in [0.4, 0.5) is 11.4 Å². The van der Waals surface area contributed by atoms with Gasteiger partial charge in [-0.05, 0) is 56.1 Å². The normalized spacial score (nSPS) is 18.7. The Labute approximate surface area is 166 Å². The van der Waals surface area contributed by atoms with Gasteiger partial charge in [0.05, 0.1) is 18.5 Å². The molecule has 4 nitrogen and oxygen atoms in total. The highest BCUT2D eigenvalue weighted by Gasteiger charge is 2.26. The number of para-hydroxylation sites is 1. The van der Waals surface area contributed by atoms with Crippen molar-refractivity contribution < 1.29 is 4.74 Å². The third-order valence-corrected chi connectivity index (χ3v) is 6.66. The summed E-state index contributed by atoms with van der Waals surface area (Å²) in [6, 6.07) is 15.5. The van der Waals surface area contributed by atoms with E-state index in [2.05, 4.69) is 59.2 Å². The minimum absolute atomic E-state index is 0.391. The molecule has 2 heterocycles. The summed E-state index contributed by atoms with van der Waals surface area (Å²) in [6.45, 7) is 6.74. The van der Waals surface area contributed by atoms with E-state index in [1.807, 2.05) is 11.8 Å². The van der Waals surface area contributed by atoms with E-state index >= 15 is 0 Å². The summed E-state index contributed by atoms with van der Waals surface area (Å²) in [4.78, 5) is 7.67. The third-order valence-electron chi connectivity index (χ3n) is 5.53. The number of ether oxygens (including phenoxy) is 1. The second kappa shape index (κ2) is 8.13. The molecule has 4 rings (SSSR count). The van der Waals surface area contributed by atoms with E-state index in [-0.39, 0.29) is 0 Å². The SMILES string of the molecule is COc1ccc2c(c1)N(CC(C)CN1CCC(N)CC1)c1ccccc1S2. The Morgan fingerprint density at radius 3 is 2.59 bits per heavy atom. The van der Waals surface area contributed by atoms with Crippen LogP contribution in [-0.4, -0.2) is 44.2 Å². The van der Waals surface area contributed by atoms with Gasteiger partial charge in [-0.2, -0.15) is 0 Å². The molecule has 0 saturated carbocycles. The molecule has 2 aromatic rings. The Morgan fingerprint density at radius 2 is 1.81 bits per heavy atom. The zero-order valence-electron chi connectivity index (χ0n) is 16.2. The molecule has 1 saturated heterocycles. The topological polar surface area (TPSA) is 41.7 Å². The summed E-state index contributed by atoms with van der Waals surface area (Å²) >= 11 is 1.85. The summed E-state index contributed by atoms with van der Waals surface area (Å²) < 4.78 is 5.50. The molecule has 0 bridgehead atoms. The van der Waals surface area contributed by atoms with E-state index in [9.17, 15) is 0 Å². The smallest absolute Gasteiger partial charge is 0.121 e. The number of piperidine rings is 1. The maximum Gasteiger partial charge on any atom is 0.121 e. The number of methoxy groups -OCH3 is 1. The van der Waals surface area contributed by atoms with Crippen LogP contribution in [0.25, 0.3) is 0 Å². The Kier molecular flexibility index (Phi) is 5.62. The summed E-state index contributed by atoms with van der Waals surface area (Å²) in [5.41, 5.74) is 8.62. The second-order valence-electron chi connectivity index (χ2n) is 7.76. The van der Waals surface area contributed by atoms with Crippen molar-refractivity contribution in [2.24, 2.45) is 11.7 Å². The first-order valence-corrected chi connectivity index (χ1v) is 10.7. The van der Waals surface area contributed by atoms with Gasteiger partial charge in [-0.3, -0.25) is 0 Å². The first-order chi connectivity index (χ1) is 13.1. The van der Waals surface area contributed by atoms with E-state index in [0.29, 0.717) is 12.0 Å². The van der Waals surface area contributed by atoms with Crippen molar-refractivity contribution in [3.05, 3.63) is 42.5 Å². The lowest BCUT2D eigenvalue weighted by Gasteiger charge is -2.37. The van der Waals surface area contributed by atoms with Crippen molar-refractivity contribution >= 4 is 23.1 Å². The Balaban J connectivity index is 1.56. The molecule has 144 valence electrons. The highest BCUT2D eigenvalue weighted by atomic mass is 32.2. The van der Waals surface area contributed by atoms with Gasteiger partial charge < -0.3 is 20.3 Å². The first kappa shape index (κ1) is 18.7. The average molecular weight is 384 g/mol. The van der Waals surface area contributed by atoms with E-state index in [4.69, 9.17) is 10.5 Å². The quantitative estimate of drug-likeness (QED) is 0.831. The maximum atomic E-state index is 6.06.